The molecule has 0 aliphatic heterocycles. The number of aryl methyl sites for hydroxylation is 1. The van der Waals surface area contributed by atoms with Gasteiger partial charge in [-0.3, -0.25) is 0 Å². The van der Waals surface area contributed by atoms with Crippen LogP contribution in [-0.2, 0) is 7.05 Å². The van der Waals surface area contributed by atoms with Crippen LogP contribution in [-0.4, -0.2) is 15.2 Å². The summed E-state index contributed by atoms with van der Waals surface area (Å²) in [7, 11) is 2.01. The molecule has 2 aromatic carbocycles. The van der Waals surface area contributed by atoms with Crippen molar-refractivity contribution in [2.45, 2.75) is 10.2 Å². The Balaban J connectivity index is 0.00000210. The zero-order chi connectivity index (χ0) is 17.8. The summed E-state index contributed by atoms with van der Waals surface area (Å²) in [5.41, 5.74) is 3.67. The van der Waals surface area contributed by atoms with Crippen LogP contribution in [0.3, 0.4) is 0 Å². The van der Waals surface area contributed by atoms with Gasteiger partial charge in [-0.25, -0.2) is 4.98 Å². The third-order valence-corrected chi connectivity index (χ3v) is 4.95. The van der Waals surface area contributed by atoms with E-state index in [0.29, 0.717) is 5.16 Å². The Hall–Kier alpha value is -2.32. The van der Waals surface area contributed by atoms with Crippen molar-refractivity contribution in [3.05, 3.63) is 85.1 Å². The van der Waals surface area contributed by atoms with E-state index in [1.807, 2.05) is 96.7 Å². The first-order valence-electron chi connectivity index (χ1n) is 8.29. The summed E-state index contributed by atoms with van der Waals surface area (Å²) >= 11 is 1.51. The fraction of sp³-hybridized carbons (Fsp3) is 0.0476. The number of aromatic nitrogens is 4. The van der Waals surface area contributed by atoms with Crippen LogP contribution >= 0.6 is 11.8 Å². The van der Waals surface area contributed by atoms with Gasteiger partial charge in [0.05, 0.1) is 0 Å². The van der Waals surface area contributed by atoms with E-state index in [1.54, 1.807) is 0 Å². The third-order valence-electron chi connectivity index (χ3n) is 3.96. The summed E-state index contributed by atoms with van der Waals surface area (Å²) < 4.78 is 2.04. The third kappa shape index (κ3) is 4.51. The van der Waals surface area contributed by atoms with Crippen molar-refractivity contribution in [2.24, 2.45) is 7.05 Å². The van der Waals surface area contributed by atoms with Crippen LogP contribution in [0.2, 0.25) is 0 Å². The van der Waals surface area contributed by atoms with Gasteiger partial charge >= 0.3 is 0 Å². The molecule has 27 heavy (non-hydrogen) atoms. The van der Waals surface area contributed by atoms with Gasteiger partial charge in [0.15, 0.2) is 6.20 Å². The van der Waals surface area contributed by atoms with Gasteiger partial charge in [0, 0.05) is 35.0 Å². The summed E-state index contributed by atoms with van der Waals surface area (Å²) in [5, 5.41) is 10.6. The number of pyridine rings is 1. The van der Waals surface area contributed by atoms with Gasteiger partial charge in [-0.15, -0.1) is 10.2 Å². The first-order chi connectivity index (χ1) is 12.8. The molecule has 0 bridgehead atoms. The van der Waals surface area contributed by atoms with Crippen LogP contribution in [0.1, 0.15) is 0 Å². The second-order valence-electron chi connectivity index (χ2n) is 5.78. The van der Waals surface area contributed by atoms with Crippen molar-refractivity contribution < 1.29 is 28.5 Å². The van der Waals surface area contributed by atoms with Crippen LogP contribution in [0, 0.1) is 0 Å². The molecule has 0 N–H and O–H groups in total. The minimum atomic E-state index is 0. The molecule has 0 fully saturated rings. The highest BCUT2D eigenvalue weighted by Crippen LogP contribution is 2.30. The Labute approximate surface area is 179 Å². The normalized spacial score (nSPS) is 10.3. The zero-order valence-corrected chi connectivity index (χ0v) is 17.6. The molecular formula is C21H17IN4S. The molecule has 4 rings (SSSR count). The average Bonchev–Trinajstić information content (AvgIpc) is 2.71. The lowest BCUT2D eigenvalue weighted by Crippen LogP contribution is -3.00. The fourth-order valence-electron chi connectivity index (χ4n) is 2.65. The highest BCUT2D eigenvalue weighted by Gasteiger charge is 2.16. The molecule has 0 saturated carbocycles. The molecule has 4 nitrogen and oxygen atoms in total. The lowest BCUT2D eigenvalue weighted by molar-refractivity contribution is -0.708. The van der Waals surface area contributed by atoms with Gasteiger partial charge < -0.3 is 24.0 Å². The molecule has 0 aliphatic carbocycles. The molecular weight excluding hydrogens is 467 g/mol. The Kier molecular flexibility index (Phi) is 6.52. The molecule has 134 valence electrons. The van der Waals surface area contributed by atoms with E-state index in [2.05, 4.69) is 10.2 Å². The summed E-state index contributed by atoms with van der Waals surface area (Å²) in [6.45, 7) is 0. The van der Waals surface area contributed by atoms with Crippen LogP contribution in [0.15, 0.2) is 95.2 Å². The van der Waals surface area contributed by atoms with Gasteiger partial charge in [-0.1, -0.05) is 60.7 Å². The molecule has 2 heterocycles. The van der Waals surface area contributed by atoms with E-state index >= 15 is 0 Å². The summed E-state index contributed by atoms with van der Waals surface area (Å²) in [4.78, 5) is 4.83. The predicted molar refractivity (Wildman–Crippen MR) is 102 cm³/mol. The number of rotatable bonds is 4. The van der Waals surface area contributed by atoms with Crippen molar-refractivity contribution in [3.8, 4) is 22.5 Å². The Bertz CT molecular complexity index is 1030. The second kappa shape index (κ2) is 9.05. The Morgan fingerprint density at radius 2 is 1.30 bits per heavy atom. The van der Waals surface area contributed by atoms with Crippen molar-refractivity contribution in [1.29, 1.82) is 0 Å². The van der Waals surface area contributed by atoms with Crippen molar-refractivity contribution >= 4 is 11.8 Å². The highest BCUT2D eigenvalue weighted by atomic mass is 127. The predicted octanol–water partition coefficient (Wildman–Crippen LogP) is 1.19. The van der Waals surface area contributed by atoms with Gasteiger partial charge in [0.2, 0.25) is 10.2 Å². The number of benzene rings is 2. The van der Waals surface area contributed by atoms with E-state index in [9.17, 15) is 0 Å². The minimum absolute atomic E-state index is 0. The second-order valence-corrected chi connectivity index (χ2v) is 6.76. The van der Waals surface area contributed by atoms with E-state index in [4.69, 9.17) is 4.98 Å². The van der Waals surface area contributed by atoms with Crippen molar-refractivity contribution in [3.63, 3.8) is 0 Å². The number of hydrogen-bond donors (Lipinski definition) is 0. The maximum Gasteiger partial charge on any atom is 0.247 e. The number of nitrogens with zero attached hydrogens (tertiary/aromatic N) is 4. The van der Waals surface area contributed by atoms with Crippen molar-refractivity contribution in [1.82, 2.24) is 15.2 Å². The van der Waals surface area contributed by atoms with Gasteiger partial charge in [0.1, 0.15) is 18.4 Å². The smallest absolute Gasteiger partial charge is 0.247 e. The molecule has 0 amide bonds. The van der Waals surface area contributed by atoms with Crippen LogP contribution < -0.4 is 28.5 Å². The lowest BCUT2D eigenvalue weighted by atomic mass is 10.0. The molecule has 4 aromatic rings. The van der Waals surface area contributed by atoms with Gasteiger partial charge in [-0.05, 0) is 6.07 Å². The van der Waals surface area contributed by atoms with E-state index in [-0.39, 0.29) is 24.0 Å². The highest BCUT2D eigenvalue weighted by molar-refractivity contribution is 7.99. The lowest BCUT2D eigenvalue weighted by Gasteiger charge is -2.09. The summed E-state index contributed by atoms with van der Waals surface area (Å²) in [6.07, 6.45) is 2.01. The first kappa shape index (κ1) is 19.4. The van der Waals surface area contributed by atoms with Crippen LogP contribution in [0.5, 0.6) is 0 Å². The molecule has 6 heteroatoms. The molecule has 0 atom stereocenters. The molecule has 2 aromatic heterocycles. The minimum Gasteiger partial charge on any atom is -1.00 e. The maximum atomic E-state index is 4.83. The van der Waals surface area contributed by atoms with Gasteiger partial charge in [0.25, 0.3) is 0 Å². The average molecular weight is 484 g/mol. The molecule has 0 unspecified atom stereocenters. The molecule has 0 aliphatic rings. The monoisotopic (exact) mass is 484 g/mol. The topological polar surface area (TPSA) is 42.5 Å². The standard InChI is InChI=1S/C21H17N4S.HI/c1-25-15-9-8-14-18(25)26-21-22-19(16-10-4-2-5-11-16)20(23-24-21)17-12-6-3-7-13-17;/h2-15H,1H3;1H/q+1;/p-1. The van der Waals surface area contributed by atoms with Crippen molar-refractivity contribution in [2.75, 3.05) is 0 Å². The molecule has 0 spiro atoms. The zero-order valence-electron chi connectivity index (χ0n) is 14.7. The number of hydrogen-bond acceptors (Lipinski definition) is 4. The van der Waals surface area contributed by atoms with Crippen LogP contribution in [0.4, 0.5) is 0 Å². The van der Waals surface area contributed by atoms with Crippen LogP contribution in [0.25, 0.3) is 22.5 Å². The molecule has 0 radical (unpaired) electrons. The quantitative estimate of drug-likeness (QED) is 0.323. The SMILES string of the molecule is C[n+]1ccccc1Sc1nnc(-c2ccccc2)c(-c2ccccc2)n1.[I-]. The van der Waals surface area contributed by atoms with E-state index < -0.39 is 0 Å². The summed E-state index contributed by atoms with van der Waals surface area (Å²) in [5.74, 6) is 0. The largest absolute Gasteiger partial charge is 1.00 e. The Morgan fingerprint density at radius 1 is 0.704 bits per heavy atom. The Morgan fingerprint density at radius 3 is 1.93 bits per heavy atom. The van der Waals surface area contributed by atoms with Gasteiger partial charge in [-0.2, -0.15) is 4.57 Å². The molecule has 0 saturated heterocycles. The maximum absolute atomic E-state index is 4.83. The van der Waals surface area contributed by atoms with E-state index in [1.165, 1.54) is 11.8 Å². The fourth-order valence-corrected chi connectivity index (χ4v) is 3.41. The number of halogens is 1. The first-order valence-corrected chi connectivity index (χ1v) is 9.11. The summed E-state index contributed by atoms with van der Waals surface area (Å²) in [6, 6.07) is 26.2. The van der Waals surface area contributed by atoms with E-state index in [0.717, 1.165) is 27.5 Å².